The summed E-state index contributed by atoms with van der Waals surface area (Å²) in [7, 11) is 3.28. The quantitative estimate of drug-likeness (QED) is 0.193. The maximum atomic E-state index is 13.7. The maximum Gasteiger partial charge on any atom is 0.340 e. The third-order valence-electron chi connectivity index (χ3n) is 7.51. The minimum absolute atomic E-state index is 0.305. The normalized spacial score (nSPS) is 12.3. The Bertz CT molecular complexity index is 1700. The van der Waals surface area contributed by atoms with Crippen LogP contribution in [0.15, 0.2) is 66.7 Å². The van der Waals surface area contributed by atoms with E-state index in [1.807, 2.05) is 19.1 Å². The van der Waals surface area contributed by atoms with Crippen molar-refractivity contribution in [2.24, 2.45) is 0 Å². The summed E-state index contributed by atoms with van der Waals surface area (Å²) in [6.07, 6.45) is 0.832. The van der Waals surface area contributed by atoms with E-state index in [1.54, 1.807) is 14.2 Å². The molecule has 2 heterocycles. The Balaban J connectivity index is 1.73. The van der Waals surface area contributed by atoms with Gasteiger partial charge in [0.25, 0.3) is 0 Å². The average Bonchev–Trinajstić information content (AvgIpc) is 3.24. The maximum absolute atomic E-state index is 13.7. The van der Waals surface area contributed by atoms with Crippen LogP contribution >= 0.6 is 0 Å². The Labute approximate surface area is 216 Å². The summed E-state index contributed by atoms with van der Waals surface area (Å²) in [6.45, 7) is 5.03. The van der Waals surface area contributed by atoms with Gasteiger partial charge in [-0.05, 0) is 71.1 Å². The topological polar surface area (TPSA) is 49.7 Å². The van der Waals surface area contributed by atoms with Crippen LogP contribution in [0.1, 0.15) is 28.5 Å². The van der Waals surface area contributed by atoms with Crippen molar-refractivity contribution in [2.45, 2.75) is 26.8 Å². The molecule has 4 aromatic carbocycles. The summed E-state index contributed by atoms with van der Waals surface area (Å²) < 4.78 is 19.2. The highest BCUT2D eigenvalue weighted by molar-refractivity contribution is 6.17. The number of fused-ring (bicyclic) bond motifs is 6. The van der Waals surface area contributed by atoms with E-state index in [9.17, 15) is 4.79 Å². The number of carbonyl (C=O) groups is 1. The third-order valence-corrected chi connectivity index (χ3v) is 7.51. The molecule has 186 valence electrons. The average molecular weight is 492 g/mol. The molecule has 37 heavy (non-hydrogen) atoms. The van der Waals surface area contributed by atoms with Crippen LogP contribution in [-0.2, 0) is 17.7 Å². The second-order valence-corrected chi connectivity index (χ2v) is 9.36. The Hall–Kier alpha value is -4.25. The second kappa shape index (κ2) is 9.00. The van der Waals surface area contributed by atoms with E-state index in [1.165, 1.54) is 10.8 Å². The number of aromatic nitrogens is 1. The van der Waals surface area contributed by atoms with Crippen LogP contribution in [0.5, 0.6) is 11.5 Å². The molecule has 0 saturated carbocycles. The number of carbonyl (C=O) groups excluding carboxylic acids is 1. The van der Waals surface area contributed by atoms with Gasteiger partial charge in [0.1, 0.15) is 0 Å². The van der Waals surface area contributed by atoms with Crippen LogP contribution in [0.3, 0.4) is 0 Å². The van der Waals surface area contributed by atoms with Crippen molar-refractivity contribution in [3.63, 3.8) is 0 Å². The molecule has 5 heteroatoms. The van der Waals surface area contributed by atoms with Gasteiger partial charge in [0.05, 0.1) is 32.1 Å². The number of esters is 1. The van der Waals surface area contributed by atoms with Crippen molar-refractivity contribution < 1.29 is 19.0 Å². The minimum Gasteiger partial charge on any atom is -0.493 e. The van der Waals surface area contributed by atoms with Crippen molar-refractivity contribution in [3.8, 4) is 33.9 Å². The van der Waals surface area contributed by atoms with E-state index >= 15 is 0 Å². The van der Waals surface area contributed by atoms with Gasteiger partial charge >= 0.3 is 5.97 Å². The smallest absolute Gasteiger partial charge is 0.340 e. The zero-order chi connectivity index (χ0) is 25.7. The molecule has 0 saturated heterocycles. The van der Waals surface area contributed by atoms with Crippen LogP contribution in [0, 0.1) is 6.92 Å². The molecule has 0 N–H and O–H groups in total. The van der Waals surface area contributed by atoms with Gasteiger partial charge in [0, 0.05) is 23.4 Å². The first-order valence-electron chi connectivity index (χ1n) is 12.6. The van der Waals surface area contributed by atoms with Crippen molar-refractivity contribution in [1.29, 1.82) is 0 Å². The van der Waals surface area contributed by atoms with Gasteiger partial charge in [0.15, 0.2) is 11.5 Å². The van der Waals surface area contributed by atoms with Crippen LogP contribution in [0.4, 0.5) is 0 Å². The standard InChI is InChI=1S/C32H29NO4/c1-5-37-32(34)30-29(26-16-20-10-6-7-11-22(20)23-12-8-9-13-24(23)26)19(2)33-15-14-21-17-27(35-3)28(36-4)18-25(21)31(30)33/h6-13,16-18H,5,14-15H2,1-4H3. The van der Waals surface area contributed by atoms with E-state index in [0.717, 1.165) is 57.4 Å². The Morgan fingerprint density at radius 3 is 2.27 bits per heavy atom. The van der Waals surface area contributed by atoms with E-state index in [0.29, 0.717) is 23.7 Å². The van der Waals surface area contributed by atoms with E-state index in [-0.39, 0.29) is 5.97 Å². The Kier molecular flexibility index (Phi) is 5.64. The van der Waals surface area contributed by atoms with E-state index in [4.69, 9.17) is 14.2 Å². The molecule has 1 aliphatic heterocycles. The zero-order valence-corrected chi connectivity index (χ0v) is 21.6. The molecular weight excluding hydrogens is 462 g/mol. The molecule has 1 aromatic heterocycles. The van der Waals surface area contributed by atoms with Gasteiger partial charge in [-0.1, -0.05) is 48.5 Å². The lowest BCUT2D eigenvalue weighted by atomic mass is 9.89. The molecule has 5 aromatic rings. The Morgan fingerprint density at radius 2 is 1.54 bits per heavy atom. The first-order valence-corrected chi connectivity index (χ1v) is 12.6. The predicted molar refractivity (Wildman–Crippen MR) is 148 cm³/mol. The number of hydrogen-bond donors (Lipinski definition) is 0. The first-order chi connectivity index (χ1) is 18.1. The molecule has 0 radical (unpaired) electrons. The number of hydrogen-bond acceptors (Lipinski definition) is 4. The highest BCUT2D eigenvalue weighted by Crippen LogP contribution is 2.47. The molecule has 0 fully saturated rings. The summed E-state index contributed by atoms with van der Waals surface area (Å²) in [5.74, 6) is 1.02. The van der Waals surface area contributed by atoms with Crippen molar-refractivity contribution in [1.82, 2.24) is 4.57 Å². The minimum atomic E-state index is -0.311. The Morgan fingerprint density at radius 1 is 0.865 bits per heavy atom. The summed E-state index contributed by atoms with van der Waals surface area (Å²) >= 11 is 0. The number of ether oxygens (including phenoxy) is 3. The lowest BCUT2D eigenvalue weighted by molar-refractivity contribution is 0.0528. The summed E-state index contributed by atoms with van der Waals surface area (Å²) in [5.41, 5.74) is 6.61. The lowest BCUT2D eigenvalue weighted by Crippen LogP contribution is -2.15. The number of nitrogens with zero attached hydrogens (tertiary/aromatic N) is 1. The van der Waals surface area contributed by atoms with Gasteiger partial charge < -0.3 is 18.8 Å². The molecule has 0 unspecified atom stereocenters. The summed E-state index contributed by atoms with van der Waals surface area (Å²) in [4.78, 5) is 13.7. The van der Waals surface area contributed by atoms with E-state index < -0.39 is 0 Å². The highest BCUT2D eigenvalue weighted by atomic mass is 16.5. The van der Waals surface area contributed by atoms with Crippen LogP contribution < -0.4 is 9.47 Å². The molecule has 0 spiro atoms. The molecule has 5 nitrogen and oxygen atoms in total. The molecule has 1 aliphatic rings. The van der Waals surface area contributed by atoms with Crippen LogP contribution in [0.2, 0.25) is 0 Å². The fourth-order valence-electron chi connectivity index (χ4n) is 5.87. The van der Waals surface area contributed by atoms with Crippen molar-refractivity contribution in [3.05, 3.63) is 83.6 Å². The molecule has 6 rings (SSSR count). The number of benzene rings is 4. The number of aryl methyl sites for hydroxylation is 1. The summed E-state index contributed by atoms with van der Waals surface area (Å²) in [6, 6.07) is 23.1. The predicted octanol–water partition coefficient (Wildman–Crippen LogP) is 7.19. The lowest BCUT2D eigenvalue weighted by Gasteiger charge is -2.23. The van der Waals surface area contributed by atoms with Gasteiger partial charge in [0.2, 0.25) is 0 Å². The number of rotatable bonds is 5. The first kappa shape index (κ1) is 23.2. The van der Waals surface area contributed by atoms with Gasteiger partial charge in [-0.2, -0.15) is 0 Å². The van der Waals surface area contributed by atoms with E-state index in [2.05, 4.69) is 66.1 Å². The van der Waals surface area contributed by atoms with Crippen molar-refractivity contribution in [2.75, 3.05) is 20.8 Å². The molecule has 0 bridgehead atoms. The zero-order valence-electron chi connectivity index (χ0n) is 21.6. The van der Waals surface area contributed by atoms with Crippen LogP contribution in [0.25, 0.3) is 43.9 Å². The third kappa shape index (κ3) is 3.49. The molecular formula is C32H29NO4. The fourth-order valence-corrected chi connectivity index (χ4v) is 5.87. The highest BCUT2D eigenvalue weighted by Gasteiger charge is 2.33. The van der Waals surface area contributed by atoms with Gasteiger partial charge in [-0.25, -0.2) is 4.79 Å². The van der Waals surface area contributed by atoms with Crippen molar-refractivity contribution >= 4 is 27.5 Å². The monoisotopic (exact) mass is 491 g/mol. The second-order valence-electron chi connectivity index (χ2n) is 9.36. The summed E-state index contributed by atoms with van der Waals surface area (Å²) in [5, 5.41) is 4.62. The fraction of sp³-hybridized carbons (Fsp3) is 0.219. The molecule has 0 aliphatic carbocycles. The van der Waals surface area contributed by atoms with Crippen LogP contribution in [-0.4, -0.2) is 31.4 Å². The molecule has 0 amide bonds. The largest absolute Gasteiger partial charge is 0.493 e. The van der Waals surface area contributed by atoms with Gasteiger partial charge in [-0.15, -0.1) is 0 Å². The van der Waals surface area contributed by atoms with Gasteiger partial charge in [-0.3, -0.25) is 0 Å². The SMILES string of the molecule is CCOC(=O)c1c(-c2cc3ccccc3c3ccccc23)c(C)n2c1-c1cc(OC)c(OC)cc1CC2. The molecule has 0 atom stereocenters. The number of methoxy groups -OCH3 is 2.